The molecule has 1 unspecified atom stereocenters. The molecule has 2 aliphatic rings. The third-order valence-corrected chi connectivity index (χ3v) is 2.88. The number of carbonyl (C=O) groups is 1. The third-order valence-electron chi connectivity index (χ3n) is 2.88. The standard InChI is InChI=1S/C10H18N2O2.ClH/c13-10-9(2-1-5-12-10)14-8-3-6-11-7-4-8;/h8-9,11H,1-7H2,(H,12,13);1H. The Morgan fingerprint density at radius 2 is 1.87 bits per heavy atom. The Morgan fingerprint density at radius 3 is 2.53 bits per heavy atom. The van der Waals surface area contributed by atoms with Crippen molar-refractivity contribution in [3.05, 3.63) is 0 Å². The van der Waals surface area contributed by atoms with Crippen molar-refractivity contribution in [3.8, 4) is 0 Å². The van der Waals surface area contributed by atoms with E-state index in [1.165, 1.54) is 0 Å². The highest BCUT2D eigenvalue weighted by molar-refractivity contribution is 5.85. The lowest BCUT2D eigenvalue weighted by Gasteiger charge is -2.29. The Balaban J connectivity index is 0.00000112. The lowest BCUT2D eigenvalue weighted by molar-refractivity contribution is -0.140. The summed E-state index contributed by atoms with van der Waals surface area (Å²) in [4.78, 5) is 11.4. The number of ether oxygens (including phenoxy) is 1. The molecule has 2 heterocycles. The Kier molecular flexibility index (Phi) is 5.36. The summed E-state index contributed by atoms with van der Waals surface area (Å²) in [6.07, 6.45) is 4.09. The molecule has 0 aromatic carbocycles. The van der Waals surface area contributed by atoms with Crippen molar-refractivity contribution in [2.24, 2.45) is 0 Å². The van der Waals surface area contributed by atoms with Gasteiger partial charge in [0.1, 0.15) is 6.10 Å². The molecular weight excluding hydrogens is 216 g/mol. The Bertz CT molecular complexity index is 208. The predicted molar refractivity (Wildman–Crippen MR) is 60.3 cm³/mol. The molecule has 15 heavy (non-hydrogen) atoms. The van der Waals surface area contributed by atoms with Crippen LogP contribution in [0.1, 0.15) is 25.7 Å². The Hall–Kier alpha value is -0.320. The number of halogens is 1. The van der Waals surface area contributed by atoms with E-state index in [0.29, 0.717) is 0 Å². The maximum Gasteiger partial charge on any atom is 0.249 e. The van der Waals surface area contributed by atoms with Gasteiger partial charge in [-0.15, -0.1) is 12.4 Å². The molecule has 2 saturated heterocycles. The fourth-order valence-corrected chi connectivity index (χ4v) is 2.04. The second-order valence-electron chi connectivity index (χ2n) is 4.01. The van der Waals surface area contributed by atoms with Crippen molar-refractivity contribution < 1.29 is 9.53 Å². The monoisotopic (exact) mass is 234 g/mol. The molecule has 5 heteroatoms. The highest BCUT2D eigenvalue weighted by Crippen LogP contribution is 2.15. The van der Waals surface area contributed by atoms with E-state index in [2.05, 4.69) is 10.6 Å². The number of piperidine rings is 2. The summed E-state index contributed by atoms with van der Waals surface area (Å²) in [5.41, 5.74) is 0. The molecule has 2 fully saturated rings. The van der Waals surface area contributed by atoms with Crippen LogP contribution in [0, 0.1) is 0 Å². The summed E-state index contributed by atoms with van der Waals surface area (Å²) < 4.78 is 5.79. The highest BCUT2D eigenvalue weighted by Gasteiger charge is 2.26. The second kappa shape index (κ2) is 6.30. The Morgan fingerprint density at radius 1 is 1.13 bits per heavy atom. The summed E-state index contributed by atoms with van der Waals surface area (Å²) in [7, 11) is 0. The van der Waals surface area contributed by atoms with Gasteiger partial charge in [-0.2, -0.15) is 0 Å². The lowest BCUT2D eigenvalue weighted by atomic mass is 10.1. The van der Waals surface area contributed by atoms with Gasteiger partial charge in [-0.3, -0.25) is 4.79 Å². The zero-order chi connectivity index (χ0) is 9.80. The normalized spacial score (nSPS) is 28.0. The summed E-state index contributed by atoms with van der Waals surface area (Å²) >= 11 is 0. The number of amides is 1. The van der Waals surface area contributed by atoms with Crippen molar-refractivity contribution >= 4 is 18.3 Å². The number of hydrogen-bond acceptors (Lipinski definition) is 3. The molecule has 0 aromatic rings. The number of hydrogen-bond donors (Lipinski definition) is 2. The smallest absolute Gasteiger partial charge is 0.249 e. The minimum atomic E-state index is -0.188. The maximum atomic E-state index is 11.4. The van der Waals surface area contributed by atoms with Gasteiger partial charge in [0.15, 0.2) is 0 Å². The van der Waals surface area contributed by atoms with E-state index in [9.17, 15) is 4.79 Å². The number of carbonyl (C=O) groups excluding carboxylic acids is 1. The zero-order valence-electron chi connectivity index (χ0n) is 8.83. The van der Waals surface area contributed by atoms with Crippen LogP contribution in [0.3, 0.4) is 0 Å². The summed E-state index contributed by atoms with van der Waals surface area (Å²) in [5.74, 6) is 0.0785. The average molecular weight is 235 g/mol. The zero-order valence-corrected chi connectivity index (χ0v) is 9.65. The van der Waals surface area contributed by atoms with Gasteiger partial charge in [0, 0.05) is 6.54 Å². The van der Waals surface area contributed by atoms with E-state index >= 15 is 0 Å². The van der Waals surface area contributed by atoms with Gasteiger partial charge in [-0.25, -0.2) is 0 Å². The molecule has 0 aromatic heterocycles. The molecular formula is C10H19ClN2O2. The first-order valence-electron chi connectivity index (χ1n) is 5.50. The minimum absolute atomic E-state index is 0. The van der Waals surface area contributed by atoms with E-state index in [-0.39, 0.29) is 30.5 Å². The van der Waals surface area contributed by atoms with Crippen LogP contribution < -0.4 is 10.6 Å². The second-order valence-corrected chi connectivity index (χ2v) is 4.01. The highest BCUT2D eigenvalue weighted by atomic mass is 35.5. The van der Waals surface area contributed by atoms with Gasteiger partial charge in [0.25, 0.3) is 0 Å². The molecule has 1 amide bonds. The first-order valence-corrected chi connectivity index (χ1v) is 5.50. The van der Waals surface area contributed by atoms with Crippen LogP contribution in [0.2, 0.25) is 0 Å². The topological polar surface area (TPSA) is 50.4 Å². The van der Waals surface area contributed by atoms with Gasteiger partial charge in [0.05, 0.1) is 6.10 Å². The van der Waals surface area contributed by atoms with Crippen molar-refractivity contribution in [1.82, 2.24) is 10.6 Å². The van der Waals surface area contributed by atoms with Crippen LogP contribution in [0.5, 0.6) is 0 Å². The van der Waals surface area contributed by atoms with E-state index in [0.717, 1.165) is 45.3 Å². The van der Waals surface area contributed by atoms with Crippen LogP contribution in [0.15, 0.2) is 0 Å². The molecule has 4 nitrogen and oxygen atoms in total. The molecule has 2 rings (SSSR count). The maximum absolute atomic E-state index is 11.4. The van der Waals surface area contributed by atoms with Crippen LogP contribution >= 0.6 is 12.4 Å². The SMILES string of the molecule is Cl.O=C1NCCCC1OC1CCNCC1. The number of nitrogens with one attached hydrogen (secondary N) is 2. The van der Waals surface area contributed by atoms with E-state index < -0.39 is 0 Å². The molecule has 0 aliphatic carbocycles. The fourth-order valence-electron chi connectivity index (χ4n) is 2.04. The van der Waals surface area contributed by atoms with E-state index in [1.807, 2.05) is 0 Å². The Labute approximate surface area is 96.5 Å². The first-order chi connectivity index (χ1) is 6.86. The van der Waals surface area contributed by atoms with E-state index in [4.69, 9.17) is 4.74 Å². The van der Waals surface area contributed by atoms with Crippen molar-refractivity contribution in [2.45, 2.75) is 37.9 Å². The quantitative estimate of drug-likeness (QED) is 0.730. The van der Waals surface area contributed by atoms with Crippen molar-refractivity contribution in [2.75, 3.05) is 19.6 Å². The third kappa shape index (κ3) is 3.63. The molecule has 0 bridgehead atoms. The van der Waals surface area contributed by atoms with Crippen molar-refractivity contribution in [1.29, 1.82) is 0 Å². The molecule has 0 saturated carbocycles. The summed E-state index contributed by atoms with van der Waals surface area (Å²) in [6, 6.07) is 0. The van der Waals surface area contributed by atoms with E-state index in [1.54, 1.807) is 0 Å². The average Bonchev–Trinajstić information content (AvgIpc) is 2.23. The van der Waals surface area contributed by atoms with Crippen LogP contribution in [0.25, 0.3) is 0 Å². The largest absolute Gasteiger partial charge is 0.365 e. The van der Waals surface area contributed by atoms with Gasteiger partial charge < -0.3 is 15.4 Å². The van der Waals surface area contributed by atoms with Crippen molar-refractivity contribution in [3.63, 3.8) is 0 Å². The predicted octanol–water partition coefficient (Wildman–Crippen LogP) is 0.455. The lowest BCUT2D eigenvalue weighted by Crippen LogP contribution is -2.45. The number of rotatable bonds is 2. The minimum Gasteiger partial charge on any atom is -0.365 e. The fraction of sp³-hybridized carbons (Fsp3) is 0.900. The molecule has 2 N–H and O–H groups in total. The summed E-state index contributed by atoms with van der Waals surface area (Å²) in [5, 5.41) is 6.12. The molecule has 0 spiro atoms. The van der Waals surface area contributed by atoms with Crippen LogP contribution in [-0.2, 0) is 9.53 Å². The first kappa shape index (κ1) is 12.7. The molecule has 2 aliphatic heterocycles. The van der Waals surface area contributed by atoms with Gasteiger partial charge in [-0.1, -0.05) is 0 Å². The molecule has 0 radical (unpaired) electrons. The van der Waals surface area contributed by atoms with Crippen LogP contribution in [-0.4, -0.2) is 37.7 Å². The van der Waals surface area contributed by atoms with Gasteiger partial charge >= 0.3 is 0 Å². The van der Waals surface area contributed by atoms with Crippen LogP contribution in [0.4, 0.5) is 0 Å². The molecule has 1 atom stereocenters. The summed E-state index contributed by atoms with van der Waals surface area (Å²) in [6.45, 7) is 2.84. The van der Waals surface area contributed by atoms with Gasteiger partial charge in [-0.05, 0) is 38.8 Å². The van der Waals surface area contributed by atoms with Gasteiger partial charge in [0.2, 0.25) is 5.91 Å². The molecule has 88 valence electrons.